The number of benzene rings is 2. The van der Waals surface area contributed by atoms with Crippen LogP contribution >= 0.6 is 0 Å². The number of fused-ring (bicyclic) bond motifs is 3. The molecule has 2 aromatic rings. The second-order valence-electron chi connectivity index (χ2n) is 5.12. The van der Waals surface area contributed by atoms with Gasteiger partial charge >= 0.3 is 0 Å². The van der Waals surface area contributed by atoms with Crippen molar-refractivity contribution in [3.05, 3.63) is 46.0 Å². The quantitative estimate of drug-likeness (QED) is 0.533. The fourth-order valence-electron chi connectivity index (χ4n) is 2.62. The second kappa shape index (κ2) is 5.04. The highest BCUT2D eigenvalue weighted by Gasteiger charge is 2.53. The molecule has 1 aliphatic carbocycles. The smallest absolute Gasteiger partial charge is 0.274 e. The topological polar surface area (TPSA) is 40.5 Å². The molecule has 2 aromatic carbocycles. The Morgan fingerprint density at radius 3 is 1.84 bits per heavy atom. The standard InChI is InChI=1S/C14H3F9O2/c15-5-1-2-4(14(23,25)13(22)11(21)6(2)16)9(19)7(17)3(1)8(18)12(24)10(5)20/h13,24-25H. The Hall–Kier alpha value is -2.43. The van der Waals surface area contributed by atoms with E-state index < -0.39 is 80.4 Å². The predicted octanol–water partition coefficient (Wildman–Crippen LogP) is 4.31. The first kappa shape index (κ1) is 17.4. The van der Waals surface area contributed by atoms with E-state index in [9.17, 15) is 44.6 Å². The van der Waals surface area contributed by atoms with Gasteiger partial charge in [-0.15, -0.1) is 0 Å². The van der Waals surface area contributed by atoms with Crippen LogP contribution in [0.3, 0.4) is 0 Å². The molecule has 11 heteroatoms. The summed E-state index contributed by atoms with van der Waals surface area (Å²) < 4.78 is 124. The number of aromatic hydroxyl groups is 1. The van der Waals surface area contributed by atoms with Crippen LogP contribution in [0.15, 0.2) is 5.83 Å². The Morgan fingerprint density at radius 2 is 1.28 bits per heavy atom. The second-order valence-corrected chi connectivity index (χ2v) is 5.12. The summed E-state index contributed by atoms with van der Waals surface area (Å²) >= 11 is 0. The molecule has 134 valence electrons. The van der Waals surface area contributed by atoms with E-state index in [1.54, 1.807) is 0 Å². The molecule has 0 aromatic heterocycles. The Balaban J connectivity index is 2.73. The van der Waals surface area contributed by atoms with Crippen LogP contribution in [-0.4, -0.2) is 16.4 Å². The molecule has 0 saturated carbocycles. The molecule has 0 spiro atoms. The molecular weight excluding hydrogens is 371 g/mol. The van der Waals surface area contributed by atoms with Gasteiger partial charge in [0, 0.05) is 10.9 Å². The summed E-state index contributed by atoms with van der Waals surface area (Å²) in [4.78, 5) is 0. The molecular formula is C14H3F9O2. The number of halogens is 9. The minimum absolute atomic E-state index is 1.86. The van der Waals surface area contributed by atoms with Gasteiger partial charge in [0.25, 0.3) is 5.85 Å². The Kier molecular flexibility index (Phi) is 3.50. The summed E-state index contributed by atoms with van der Waals surface area (Å²) in [5.41, 5.74) is -4.17. The molecule has 2 N–H and O–H groups in total. The van der Waals surface area contributed by atoms with E-state index in [1.807, 2.05) is 0 Å². The van der Waals surface area contributed by atoms with Crippen molar-refractivity contribution in [1.29, 1.82) is 0 Å². The van der Waals surface area contributed by atoms with Crippen molar-refractivity contribution in [2.24, 2.45) is 0 Å². The summed E-state index contributed by atoms with van der Waals surface area (Å²) in [5.74, 6) is -24.2. The number of phenolic OH excluding ortho intramolecular Hbond substituents is 1. The van der Waals surface area contributed by atoms with Gasteiger partial charge in [-0.2, -0.15) is 4.39 Å². The highest BCUT2D eigenvalue weighted by molar-refractivity contribution is 5.97. The molecule has 0 saturated heterocycles. The number of hydrogen-bond donors (Lipinski definition) is 2. The molecule has 0 aliphatic heterocycles. The lowest BCUT2D eigenvalue weighted by atomic mass is 9.85. The largest absolute Gasteiger partial charge is 0.503 e. The van der Waals surface area contributed by atoms with Crippen LogP contribution in [0.4, 0.5) is 39.5 Å². The highest BCUT2D eigenvalue weighted by atomic mass is 19.2. The van der Waals surface area contributed by atoms with Gasteiger partial charge in [-0.1, -0.05) is 0 Å². The fourth-order valence-corrected chi connectivity index (χ4v) is 2.62. The summed E-state index contributed by atoms with van der Waals surface area (Å²) in [6.07, 6.45) is -3.85. The Bertz CT molecular complexity index is 981. The maximum absolute atomic E-state index is 14.0. The lowest BCUT2D eigenvalue weighted by molar-refractivity contribution is -0.149. The monoisotopic (exact) mass is 374 g/mol. The van der Waals surface area contributed by atoms with Gasteiger partial charge < -0.3 is 10.2 Å². The van der Waals surface area contributed by atoms with Crippen LogP contribution in [0, 0.1) is 29.1 Å². The van der Waals surface area contributed by atoms with Crippen LogP contribution in [0.5, 0.6) is 5.75 Å². The Labute approximate surface area is 131 Å². The molecule has 0 heterocycles. The van der Waals surface area contributed by atoms with Crippen molar-refractivity contribution in [3.8, 4) is 5.75 Å². The third-order valence-corrected chi connectivity index (χ3v) is 3.77. The van der Waals surface area contributed by atoms with E-state index in [4.69, 9.17) is 5.11 Å². The van der Waals surface area contributed by atoms with Gasteiger partial charge in [0.1, 0.15) is 0 Å². The molecule has 0 amide bonds. The van der Waals surface area contributed by atoms with Gasteiger partial charge in [0.05, 0.1) is 10.9 Å². The lowest BCUT2D eigenvalue weighted by Crippen LogP contribution is -2.38. The normalized spacial score (nSPS) is 23.4. The van der Waals surface area contributed by atoms with E-state index in [2.05, 4.69) is 0 Å². The van der Waals surface area contributed by atoms with Crippen molar-refractivity contribution < 1.29 is 49.7 Å². The van der Waals surface area contributed by atoms with Gasteiger partial charge in [-0.25, -0.2) is 35.1 Å². The van der Waals surface area contributed by atoms with Crippen LogP contribution in [0.25, 0.3) is 16.6 Å². The van der Waals surface area contributed by atoms with Crippen LogP contribution in [-0.2, 0) is 5.85 Å². The van der Waals surface area contributed by atoms with Gasteiger partial charge in [0.15, 0.2) is 40.7 Å². The number of hydrogen-bond acceptors (Lipinski definition) is 2. The number of phenols is 1. The van der Waals surface area contributed by atoms with Crippen molar-refractivity contribution in [1.82, 2.24) is 0 Å². The highest BCUT2D eigenvalue weighted by Crippen LogP contribution is 2.51. The maximum Gasteiger partial charge on any atom is 0.274 e. The van der Waals surface area contributed by atoms with Crippen LogP contribution in [0.1, 0.15) is 11.1 Å². The Morgan fingerprint density at radius 1 is 0.760 bits per heavy atom. The van der Waals surface area contributed by atoms with E-state index >= 15 is 0 Å². The SMILES string of the molecule is Oc1c(F)c(F)c2c3c(c(F)c(F)c2c1F)C(O)(F)C(F)C(F)=C3F. The summed E-state index contributed by atoms with van der Waals surface area (Å²) in [7, 11) is 0. The lowest BCUT2D eigenvalue weighted by Gasteiger charge is -2.30. The van der Waals surface area contributed by atoms with E-state index in [0.29, 0.717) is 0 Å². The number of alkyl halides is 2. The zero-order chi connectivity index (χ0) is 19.0. The molecule has 1 aliphatic rings. The molecule has 2 nitrogen and oxygen atoms in total. The first-order valence-electron chi connectivity index (χ1n) is 6.25. The maximum atomic E-state index is 14.0. The summed E-state index contributed by atoms with van der Waals surface area (Å²) in [6, 6.07) is 0. The zero-order valence-electron chi connectivity index (χ0n) is 11.4. The third kappa shape index (κ3) is 1.92. The predicted molar refractivity (Wildman–Crippen MR) is 64.4 cm³/mol. The number of rotatable bonds is 0. The molecule has 0 bridgehead atoms. The van der Waals surface area contributed by atoms with Crippen molar-refractivity contribution in [3.63, 3.8) is 0 Å². The molecule has 25 heavy (non-hydrogen) atoms. The average molecular weight is 374 g/mol. The molecule has 0 radical (unpaired) electrons. The van der Waals surface area contributed by atoms with Crippen molar-refractivity contribution >= 4 is 16.6 Å². The zero-order valence-corrected chi connectivity index (χ0v) is 11.4. The first-order valence-corrected chi connectivity index (χ1v) is 6.25. The summed E-state index contributed by atoms with van der Waals surface area (Å²) in [5, 5.41) is 14.6. The molecule has 2 atom stereocenters. The third-order valence-electron chi connectivity index (χ3n) is 3.77. The molecule has 3 rings (SSSR count). The average Bonchev–Trinajstić information content (AvgIpc) is 2.56. The van der Waals surface area contributed by atoms with E-state index in [-0.39, 0.29) is 0 Å². The van der Waals surface area contributed by atoms with Crippen molar-refractivity contribution in [2.45, 2.75) is 12.0 Å². The van der Waals surface area contributed by atoms with Crippen molar-refractivity contribution in [2.75, 3.05) is 0 Å². The van der Waals surface area contributed by atoms with Gasteiger partial charge in [-0.05, 0) is 0 Å². The molecule has 0 fully saturated rings. The van der Waals surface area contributed by atoms with Gasteiger partial charge in [-0.3, -0.25) is 0 Å². The fraction of sp³-hybridized carbons (Fsp3) is 0.143. The first-order chi connectivity index (χ1) is 11.4. The van der Waals surface area contributed by atoms with E-state index in [1.165, 1.54) is 0 Å². The van der Waals surface area contributed by atoms with Crippen LogP contribution < -0.4 is 0 Å². The number of aliphatic hydroxyl groups is 1. The minimum atomic E-state index is -4.70. The summed E-state index contributed by atoms with van der Waals surface area (Å²) in [6.45, 7) is 0. The van der Waals surface area contributed by atoms with Crippen LogP contribution in [0.2, 0.25) is 0 Å². The minimum Gasteiger partial charge on any atom is -0.503 e. The molecule has 2 unspecified atom stereocenters. The van der Waals surface area contributed by atoms with Gasteiger partial charge in [0.2, 0.25) is 12.0 Å². The van der Waals surface area contributed by atoms with E-state index in [0.717, 1.165) is 0 Å².